The Kier molecular flexibility index (Phi) is 2.90. The van der Waals surface area contributed by atoms with Crippen molar-refractivity contribution in [3.63, 3.8) is 0 Å². The first-order valence-electron chi connectivity index (χ1n) is 6.14. The van der Waals surface area contributed by atoms with E-state index in [-0.39, 0.29) is 6.61 Å². The van der Waals surface area contributed by atoms with Crippen LogP contribution in [0.4, 0.5) is 11.4 Å². The molecular formula is C15H15NO2. The lowest BCUT2D eigenvalue weighted by Crippen LogP contribution is -2.22. The van der Waals surface area contributed by atoms with Crippen molar-refractivity contribution in [2.45, 2.75) is 6.42 Å². The predicted octanol–water partition coefficient (Wildman–Crippen LogP) is 3.31. The Bertz CT molecular complexity index is 508. The van der Waals surface area contributed by atoms with Gasteiger partial charge in [-0.15, -0.1) is 0 Å². The molecule has 0 aliphatic carbocycles. The Morgan fingerprint density at radius 2 is 1.44 bits per heavy atom. The molecule has 0 aromatic heterocycles. The van der Waals surface area contributed by atoms with E-state index in [2.05, 4.69) is 4.90 Å². The van der Waals surface area contributed by atoms with Crippen LogP contribution in [-0.4, -0.2) is 18.3 Å². The maximum Gasteiger partial charge on any atom is 0.151 e. The fourth-order valence-electron chi connectivity index (χ4n) is 2.25. The normalized spacial score (nSPS) is 12.6. The van der Waals surface area contributed by atoms with Crippen LogP contribution in [0.15, 0.2) is 48.5 Å². The number of aliphatic hydroxyl groups excluding tert-OH is 1. The highest BCUT2D eigenvalue weighted by atomic mass is 16.5. The topological polar surface area (TPSA) is 32.7 Å². The summed E-state index contributed by atoms with van der Waals surface area (Å²) in [7, 11) is 0. The highest BCUT2D eigenvalue weighted by molar-refractivity contribution is 5.77. The van der Waals surface area contributed by atoms with Gasteiger partial charge in [-0.05, 0) is 30.7 Å². The zero-order valence-corrected chi connectivity index (χ0v) is 10.0. The third-order valence-electron chi connectivity index (χ3n) is 3.07. The molecule has 0 bridgehead atoms. The molecule has 0 spiro atoms. The number of para-hydroxylation sites is 4. The van der Waals surface area contributed by atoms with Gasteiger partial charge in [0, 0.05) is 13.2 Å². The summed E-state index contributed by atoms with van der Waals surface area (Å²) in [6, 6.07) is 16.0. The van der Waals surface area contributed by atoms with Crippen molar-refractivity contribution in [1.29, 1.82) is 0 Å². The Labute approximate surface area is 106 Å². The van der Waals surface area contributed by atoms with Gasteiger partial charge in [-0.3, -0.25) is 0 Å². The summed E-state index contributed by atoms with van der Waals surface area (Å²) >= 11 is 0. The quantitative estimate of drug-likeness (QED) is 0.894. The number of ether oxygens (including phenoxy) is 1. The zero-order chi connectivity index (χ0) is 12.4. The third kappa shape index (κ3) is 1.83. The highest BCUT2D eigenvalue weighted by Gasteiger charge is 2.22. The second-order valence-corrected chi connectivity index (χ2v) is 4.27. The van der Waals surface area contributed by atoms with Crippen LogP contribution in [0.2, 0.25) is 0 Å². The Hall–Kier alpha value is -2.00. The molecule has 3 nitrogen and oxygen atoms in total. The summed E-state index contributed by atoms with van der Waals surface area (Å²) < 4.78 is 5.88. The van der Waals surface area contributed by atoms with E-state index in [0.29, 0.717) is 0 Å². The minimum Gasteiger partial charge on any atom is -0.453 e. The van der Waals surface area contributed by atoms with Crippen LogP contribution in [-0.2, 0) is 0 Å². The number of hydrogen-bond donors (Lipinski definition) is 1. The first-order valence-corrected chi connectivity index (χ1v) is 6.14. The molecule has 2 aromatic rings. The van der Waals surface area contributed by atoms with Crippen molar-refractivity contribution in [2.75, 3.05) is 18.1 Å². The van der Waals surface area contributed by atoms with Gasteiger partial charge in [0.05, 0.1) is 11.4 Å². The third-order valence-corrected chi connectivity index (χ3v) is 3.07. The smallest absolute Gasteiger partial charge is 0.151 e. The van der Waals surface area contributed by atoms with E-state index in [4.69, 9.17) is 9.84 Å². The Morgan fingerprint density at radius 3 is 2.00 bits per heavy atom. The summed E-state index contributed by atoms with van der Waals surface area (Å²) in [5.74, 6) is 1.74. The maximum atomic E-state index is 9.03. The van der Waals surface area contributed by atoms with Crippen molar-refractivity contribution in [1.82, 2.24) is 0 Å². The number of anilines is 2. The number of aliphatic hydroxyl groups is 1. The first kappa shape index (κ1) is 11.1. The van der Waals surface area contributed by atoms with Crippen LogP contribution in [0.1, 0.15) is 6.42 Å². The highest BCUT2D eigenvalue weighted by Crippen LogP contribution is 2.45. The standard InChI is InChI=1S/C15H15NO2/c17-11-5-10-16-12-6-1-3-8-14(12)18-15-9-4-2-7-13(15)16/h1-4,6-9,17H,5,10-11H2. The number of rotatable bonds is 3. The molecule has 1 aliphatic rings. The molecule has 92 valence electrons. The van der Waals surface area contributed by atoms with Crippen molar-refractivity contribution in [2.24, 2.45) is 0 Å². The lowest BCUT2D eigenvalue weighted by atomic mass is 10.1. The van der Waals surface area contributed by atoms with Crippen LogP contribution in [0.3, 0.4) is 0 Å². The molecule has 3 heteroatoms. The second-order valence-electron chi connectivity index (χ2n) is 4.27. The van der Waals surface area contributed by atoms with E-state index >= 15 is 0 Å². The van der Waals surface area contributed by atoms with Gasteiger partial charge in [-0.1, -0.05) is 24.3 Å². The molecular weight excluding hydrogens is 226 g/mol. The molecule has 0 unspecified atom stereocenters. The molecule has 0 saturated heterocycles. The van der Waals surface area contributed by atoms with E-state index in [1.165, 1.54) is 0 Å². The van der Waals surface area contributed by atoms with E-state index in [0.717, 1.165) is 35.8 Å². The molecule has 18 heavy (non-hydrogen) atoms. The first-order chi connectivity index (χ1) is 8.90. The van der Waals surface area contributed by atoms with Gasteiger partial charge < -0.3 is 14.7 Å². The van der Waals surface area contributed by atoms with Crippen LogP contribution < -0.4 is 9.64 Å². The van der Waals surface area contributed by atoms with E-state index < -0.39 is 0 Å². The molecule has 0 amide bonds. The SMILES string of the molecule is OCCCN1c2ccccc2Oc2ccccc21. The lowest BCUT2D eigenvalue weighted by Gasteiger charge is -2.32. The van der Waals surface area contributed by atoms with Gasteiger partial charge in [0.15, 0.2) is 11.5 Å². The molecule has 0 radical (unpaired) electrons. The van der Waals surface area contributed by atoms with Gasteiger partial charge in [0.2, 0.25) is 0 Å². The van der Waals surface area contributed by atoms with Gasteiger partial charge in [0.25, 0.3) is 0 Å². The van der Waals surface area contributed by atoms with Crippen LogP contribution >= 0.6 is 0 Å². The molecule has 0 saturated carbocycles. The van der Waals surface area contributed by atoms with Gasteiger partial charge >= 0.3 is 0 Å². The van der Waals surface area contributed by atoms with E-state index in [9.17, 15) is 0 Å². The number of benzene rings is 2. The van der Waals surface area contributed by atoms with E-state index in [1.54, 1.807) is 0 Å². The van der Waals surface area contributed by atoms with Gasteiger partial charge in [0.1, 0.15) is 0 Å². The molecule has 0 atom stereocenters. The van der Waals surface area contributed by atoms with Gasteiger partial charge in [-0.2, -0.15) is 0 Å². The monoisotopic (exact) mass is 241 g/mol. The largest absolute Gasteiger partial charge is 0.453 e. The number of hydrogen-bond acceptors (Lipinski definition) is 3. The summed E-state index contributed by atoms with van der Waals surface area (Å²) in [4.78, 5) is 2.20. The minimum atomic E-state index is 0.196. The fraction of sp³-hybridized carbons (Fsp3) is 0.200. The maximum absolute atomic E-state index is 9.03. The molecule has 2 aromatic carbocycles. The molecule has 1 aliphatic heterocycles. The van der Waals surface area contributed by atoms with Crippen molar-refractivity contribution in [3.8, 4) is 11.5 Å². The average Bonchev–Trinajstić information content (AvgIpc) is 2.43. The number of fused-ring (bicyclic) bond motifs is 2. The van der Waals surface area contributed by atoms with Crippen molar-refractivity contribution < 1.29 is 9.84 Å². The van der Waals surface area contributed by atoms with Crippen LogP contribution in [0.25, 0.3) is 0 Å². The summed E-state index contributed by atoms with van der Waals surface area (Å²) in [5, 5.41) is 9.03. The van der Waals surface area contributed by atoms with Crippen LogP contribution in [0, 0.1) is 0 Å². The summed E-state index contributed by atoms with van der Waals surface area (Å²) in [6.07, 6.45) is 0.739. The van der Waals surface area contributed by atoms with E-state index in [1.807, 2.05) is 48.5 Å². The van der Waals surface area contributed by atoms with Gasteiger partial charge in [-0.25, -0.2) is 0 Å². The molecule has 1 heterocycles. The summed E-state index contributed by atoms with van der Waals surface area (Å²) in [5.41, 5.74) is 2.12. The van der Waals surface area contributed by atoms with Crippen molar-refractivity contribution in [3.05, 3.63) is 48.5 Å². The minimum absolute atomic E-state index is 0.196. The Morgan fingerprint density at radius 1 is 0.889 bits per heavy atom. The average molecular weight is 241 g/mol. The lowest BCUT2D eigenvalue weighted by molar-refractivity contribution is 0.290. The van der Waals surface area contributed by atoms with Crippen molar-refractivity contribution >= 4 is 11.4 Å². The molecule has 3 rings (SSSR count). The van der Waals surface area contributed by atoms with Crippen LogP contribution in [0.5, 0.6) is 11.5 Å². The predicted molar refractivity (Wildman–Crippen MR) is 71.7 cm³/mol. The zero-order valence-electron chi connectivity index (χ0n) is 10.0. The number of nitrogens with zero attached hydrogens (tertiary/aromatic N) is 1. The second kappa shape index (κ2) is 4.70. The fourth-order valence-corrected chi connectivity index (χ4v) is 2.25. The molecule has 0 fully saturated rings. The summed E-state index contributed by atoms with van der Waals surface area (Å²) in [6.45, 7) is 0.982. The Balaban J connectivity index is 2.05. The molecule has 1 N–H and O–H groups in total.